The number of fused-ring (bicyclic) bond motifs is 1. The smallest absolute Gasteiger partial charge is 0.124 e. The lowest BCUT2D eigenvalue weighted by atomic mass is 9.97. The van der Waals surface area contributed by atoms with Crippen LogP contribution in [0.5, 0.6) is 5.75 Å². The first-order valence-corrected chi connectivity index (χ1v) is 4.82. The van der Waals surface area contributed by atoms with Gasteiger partial charge in [-0.15, -0.1) is 0 Å². The fourth-order valence-electron chi connectivity index (χ4n) is 2.05. The fourth-order valence-corrected chi connectivity index (χ4v) is 2.05. The van der Waals surface area contributed by atoms with Crippen LogP contribution in [0.15, 0.2) is 18.2 Å². The van der Waals surface area contributed by atoms with E-state index in [1.54, 1.807) is 7.11 Å². The van der Waals surface area contributed by atoms with E-state index in [0.717, 1.165) is 11.4 Å². The van der Waals surface area contributed by atoms with Gasteiger partial charge in [-0.05, 0) is 12.1 Å². The molecular formula is C11H15NO2. The molecule has 0 aromatic heterocycles. The van der Waals surface area contributed by atoms with Crippen molar-refractivity contribution in [1.29, 1.82) is 0 Å². The van der Waals surface area contributed by atoms with Gasteiger partial charge in [0.25, 0.3) is 0 Å². The van der Waals surface area contributed by atoms with Crippen LogP contribution in [0.3, 0.4) is 0 Å². The number of aliphatic hydroxyl groups excluding tert-OH is 1. The fraction of sp³-hybridized carbons (Fsp3) is 0.455. The highest BCUT2D eigenvalue weighted by Crippen LogP contribution is 2.41. The molecule has 76 valence electrons. The average Bonchev–Trinajstić information content (AvgIpc) is 2.55. The Morgan fingerprint density at radius 2 is 2.29 bits per heavy atom. The standard InChI is InChI=1S/C11H15NO2/c1-7-9(6-13)12-8-4-3-5-10(14-2)11(7)8/h3-5,7,9,12-13H,6H2,1-2H3. The number of rotatable bonds is 2. The van der Waals surface area contributed by atoms with Crippen LogP contribution in [0.1, 0.15) is 18.4 Å². The highest BCUT2D eigenvalue weighted by molar-refractivity contribution is 5.64. The summed E-state index contributed by atoms with van der Waals surface area (Å²) >= 11 is 0. The van der Waals surface area contributed by atoms with E-state index in [1.807, 2.05) is 18.2 Å². The van der Waals surface area contributed by atoms with Crippen molar-refractivity contribution in [3.8, 4) is 5.75 Å². The van der Waals surface area contributed by atoms with Crippen molar-refractivity contribution >= 4 is 5.69 Å². The molecule has 1 heterocycles. The molecule has 0 fully saturated rings. The van der Waals surface area contributed by atoms with Gasteiger partial charge in [0.05, 0.1) is 19.8 Å². The number of anilines is 1. The summed E-state index contributed by atoms with van der Waals surface area (Å²) in [6.07, 6.45) is 0. The van der Waals surface area contributed by atoms with Crippen LogP contribution in [0.25, 0.3) is 0 Å². The summed E-state index contributed by atoms with van der Waals surface area (Å²) < 4.78 is 5.30. The van der Waals surface area contributed by atoms with Crippen molar-refractivity contribution in [2.75, 3.05) is 19.0 Å². The zero-order chi connectivity index (χ0) is 10.1. The lowest BCUT2D eigenvalue weighted by Crippen LogP contribution is -2.22. The minimum Gasteiger partial charge on any atom is -0.496 e. The number of hydrogen-bond acceptors (Lipinski definition) is 3. The maximum atomic E-state index is 9.17. The number of methoxy groups -OCH3 is 1. The first kappa shape index (κ1) is 9.34. The van der Waals surface area contributed by atoms with Gasteiger partial charge in [-0.2, -0.15) is 0 Å². The maximum Gasteiger partial charge on any atom is 0.124 e. The summed E-state index contributed by atoms with van der Waals surface area (Å²) in [5, 5.41) is 12.4. The molecule has 1 aromatic rings. The number of nitrogens with one attached hydrogen (secondary N) is 1. The predicted molar refractivity (Wildman–Crippen MR) is 55.9 cm³/mol. The van der Waals surface area contributed by atoms with E-state index < -0.39 is 0 Å². The first-order chi connectivity index (χ1) is 6.77. The molecule has 0 aliphatic carbocycles. The second-order valence-corrected chi connectivity index (χ2v) is 3.64. The van der Waals surface area contributed by atoms with Gasteiger partial charge in [0.1, 0.15) is 5.75 Å². The second-order valence-electron chi connectivity index (χ2n) is 3.64. The van der Waals surface area contributed by atoms with Crippen LogP contribution in [0.4, 0.5) is 5.69 Å². The van der Waals surface area contributed by atoms with Crippen LogP contribution < -0.4 is 10.1 Å². The molecule has 14 heavy (non-hydrogen) atoms. The Balaban J connectivity index is 2.43. The van der Waals surface area contributed by atoms with E-state index in [-0.39, 0.29) is 12.6 Å². The molecule has 3 heteroatoms. The van der Waals surface area contributed by atoms with Gasteiger partial charge in [-0.3, -0.25) is 0 Å². The van der Waals surface area contributed by atoms with Gasteiger partial charge in [0.2, 0.25) is 0 Å². The summed E-state index contributed by atoms with van der Waals surface area (Å²) in [5.41, 5.74) is 2.25. The van der Waals surface area contributed by atoms with Gasteiger partial charge in [0.15, 0.2) is 0 Å². The molecule has 1 aliphatic rings. The summed E-state index contributed by atoms with van der Waals surface area (Å²) in [5.74, 6) is 1.20. The lowest BCUT2D eigenvalue weighted by molar-refractivity contribution is 0.265. The Labute approximate surface area is 83.7 Å². The van der Waals surface area contributed by atoms with Gasteiger partial charge in [-0.25, -0.2) is 0 Å². The van der Waals surface area contributed by atoms with Crippen molar-refractivity contribution in [3.63, 3.8) is 0 Å². The Hall–Kier alpha value is -1.22. The maximum absolute atomic E-state index is 9.17. The number of aliphatic hydroxyl groups is 1. The third-order valence-corrected chi connectivity index (χ3v) is 2.88. The Kier molecular flexibility index (Phi) is 2.33. The van der Waals surface area contributed by atoms with Crippen molar-refractivity contribution in [1.82, 2.24) is 0 Å². The quantitative estimate of drug-likeness (QED) is 0.749. The molecule has 0 saturated heterocycles. The lowest BCUT2D eigenvalue weighted by Gasteiger charge is -2.13. The molecule has 0 spiro atoms. The Morgan fingerprint density at radius 1 is 1.50 bits per heavy atom. The molecule has 3 nitrogen and oxygen atoms in total. The predicted octanol–water partition coefficient (Wildman–Crippen LogP) is 1.59. The minimum absolute atomic E-state index is 0.112. The molecular weight excluding hydrogens is 178 g/mol. The monoisotopic (exact) mass is 193 g/mol. The van der Waals surface area contributed by atoms with E-state index in [4.69, 9.17) is 9.84 Å². The van der Waals surface area contributed by atoms with Crippen LogP contribution >= 0.6 is 0 Å². The van der Waals surface area contributed by atoms with Crippen LogP contribution in [0.2, 0.25) is 0 Å². The largest absolute Gasteiger partial charge is 0.496 e. The molecule has 2 unspecified atom stereocenters. The van der Waals surface area contributed by atoms with Crippen LogP contribution in [-0.4, -0.2) is 24.9 Å². The molecule has 1 aromatic carbocycles. The first-order valence-electron chi connectivity index (χ1n) is 4.82. The van der Waals surface area contributed by atoms with Crippen LogP contribution in [0, 0.1) is 0 Å². The zero-order valence-electron chi connectivity index (χ0n) is 8.45. The summed E-state index contributed by atoms with van der Waals surface area (Å²) in [6, 6.07) is 6.04. The van der Waals surface area contributed by atoms with E-state index in [9.17, 15) is 0 Å². The van der Waals surface area contributed by atoms with E-state index in [1.165, 1.54) is 5.56 Å². The zero-order valence-corrected chi connectivity index (χ0v) is 8.45. The van der Waals surface area contributed by atoms with Gasteiger partial charge in [0, 0.05) is 17.2 Å². The third-order valence-electron chi connectivity index (χ3n) is 2.88. The second kappa shape index (κ2) is 3.50. The summed E-state index contributed by atoms with van der Waals surface area (Å²) in [7, 11) is 1.68. The van der Waals surface area contributed by atoms with Crippen molar-refractivity contribution in [2.45, 2.75) is 18.9 Å². The topological polar surface area (TPSA) is 41.5 Å². The van der Waals surface area contributed by atoms with Crippen molar-refractivity contribution in [3.05, 3.63) is 23.8 Å². The van der Waals surface area contributed by atoms with Gasteiger partial charge >= 0.3 is 0 Å². The normalized spacial score (nSPS) is 24.2. The molecule has 0 saturated carbocycles. The third kappa shape index (κ3) is 1.24. The van der Waals surface area contributed by atoms with E-state index in [2.05, 4.69) is 12.2 Å². The van der Waals surface area contributed by atoms with E-state index in [0.29, 0.717) is 5.92 Å². The molecule has 2 rings (SSSR count). The molecule has 0 amide bonds. The Bertz CT molecular complexity index is 338. The summed E-state index contributed by atoms with van der Waals surface area (Å²) in [6.45, 7) is 2.25. The molecule has 1 aliphatic heterocycles. The van der Waals surface area contributed by atoms with Crippen molar-refractivity contribution in [2.24, 2.45) is 0 Å². The van der Waals surface area contributed by atoms with E-state index >= 15 is 0 Å². The summed E-state index contributed by atoms with van der Waals surface area (Å²) in [4.78, 5) is 0. The minimum atomic E-state index is 0.112. The van der Waals surface area contributed by atoms with Crippen molar-refractivity contribution < 1.29 is 9.84 Å². The van der Waals surface area contributed by atoms with Gasteiger partial charge in [-0.1, -0.05) is 13.0 Å². The van der Waals surface area contributed by atoms with Gasteiger partial charge < -0.3 is 15.2 Å². The highest BCUT2D eigenvalue weighted by Gasteiger charge is 2.30. The van der Waals surface area contributed by atoms with Crippen LogP contribution in [-0.2, 0) is 0 Å². The average molecular weight is 193 g/mol. The molecule has 0 radical (unpaired) electrons. The molecule has 0 bridgehead atoms. The number of benzene rings is 1. The number of ether oxygens (including phenoxy) is 1. The SMILES string of the molecule is COc1cccc2c1C(C)C(CO)N2. The molecule has 2 atom stereocenters. The number of hydrogen-bond donors (Lipinski definition) is 2. The molecule has 2 N–H and O–H groups in total. The highest BCUT2D eigenvalue weighted by atomic mass is 16.5. The Morgan fingerprint density at radius 3 is 2.93 bits per heavy atom.